The largest absolute Gasteiger partial charge is 0.383 e. The molecule has 0 saturated carbocycles. The molecule has 162 valence electrons. The molecule has 0 aliphatic heterocycles. The molecular weight excluding hydrogens is 400 g/mol. The second kappa shape index (κ2) is 10.7. The third kappa shape index (κ3) is 5.28. The third-order valence-corrected chi connectivity index (χ3v) is 6.58. The van der Waals surface area contributed by atoms with Crippen LogP contribution in [0.25, 0.3) is 0 Å². The van der Waals surface area contributed by atoms with Crippen molar-refractivity contribution in [2.45, 2.75) is 26.2 Å². The van der Waals surface area contributed by atoms with Gasteiger partial charge in [-0.15, -0.1) is 11.3 Å². The van der Waals surface area contributed by atoms with Gasteiger partial charge in [0.15, 0.2) is 0 Å². The van der Waals surface area contributed by atoms with Gasteiger partial charge < -0.3 is 19.7 Å². The van der Waals surface area contributed by atoms with Crippen LogP contribution in [0.4, 0.5) is 5.00 Å². The predicted molar refractivity (Wildman–Crippen MR) is 120 cm³/mol. The summed E-state index contributed by atoms with van der Waals surface area (Å²) in [7, 11) is 3.25. The van der Waals surface area contributed by atoms with Gasteiger partial charge in [0.05, 0.1) is 18.8 Å². The molecule has 0 fully saturated rings. The highest BCUT2D eigenvalue weighted by molar-refractivity contribution is 7.17. The summed E-state index contributed by atoms with van der Waals surface area (Å²) in [4.78, 5) is 29.4. The topological polar surface area (TPSA) is 67.9 Å². The smallest absolute Gasteiger partial charge is 0.257 e. The van der Waals surface area contributed by atoms with Gasteiger partial charge in [-0.25, -0.2) is 0 Å². The number of methoxy groups -OCH3 is 2. The van der Waals surface area contributed by atoms with Gasteiger partial charge in [-0.3, -0.25) is 9.59 Å². The minimum Gasteiger partial charge on any atom is -0.383 e. The number of fused-ring (bicyclic) bond motifs is 1. The molecule has 0 bridgehead atoms. The zero-order valence-electron chi connectivity index (χ0n) is 17.9. The normalized spacial score (nSPS) is 15.5. The first-order valence-electron chi connectivity index (χ1n) is 10.3. The highest BCUT2D eigenvalue weighted by Gasteiger charge is 2.30. The lowest BCUT2D eigenvalue weighted by molar-refractivity contribution is 0.0627. The number of thiophene rings is 1. The Hall–Kier alpha value is -2.22. The fourth-order valence-electron chi connectivity index (χ4n) is 3.71. The zero-order valence-corrected chi connectivity index (χ0v) is 18.7. The molecule has 1 aromatic carbocycles. The lowest BCUT2D eigenvalue weighted by Gasteiger charge is -2.24. The number of hydrogen-bond donors (Lipinski definition) is 1. The maximum absolute atomic E-state index is 13.6. The van der Waals surface area contributed by atoms with Crippen LogP contribution in [-0.4, -0.2) is 57.2 Å². The average molecular weight is 431 g/mol. The Kier molecular flexibility index (Phi) is 8.01. The van der Waals surface area contributed by atoms with E-state index in [0.29, 0.717) is 48.3 Å². The summed E-state index contributed by atoms with van der Waals surface area (Å²) < 4.78 is 10.4. The Morgan fingerprint density at radius 2 is 1.80 bits per heavy atom. The number of carbonyl (C=O) groups excluding carboxylic acids is 2. The summed E-state index contributed by atoms with van der Waals surface area (Å²) in [5, 5.41) is 3.66. The van der Waals surface area contributed by atoms with Gasteiger partial charge in [-0.05, 0) is 42.9 Å². The monoisotopic (exact) mass is 430 g/mol. The standard InChI is InChI=1S/C23H30N2O4S/c1-16-9-10-18-19(15-16)30-22(24-21(26)17-7-5-4-6-8-17)20(18)23(27)25(11-13-28-2)12-14-29-3/h4-8,16H,9-15H2,1-3H3,(H,24,26). The van der Waals surface area contributed by atoms with Gasteiger partial charge in [0.25, 0.3) is 11.8 Å². The van der Waals surface area contributed by atoms with Crippen LogP contribution in [-0.2, 0) is 22.3 Å². The second-order valence-electron chi connectivity index (χ2n) is 7.65. The van der Waals surface area contributed by atoms with Gasteiger partial charge in [0, 0.05) is 37.7 Å². The van der Waals surface area contributed by atoms with E-state index in [9.17, 15) is 9.59 Å². The first-order chi connectivity index (χ1) is 14.5. The molecule has 1 unspecified atom stereocenters. The highest BCUT2D eigenvalue weighted by atomic mass is 32.1. The number of ether oxygens (including phenoxy) is 2. The van der Waals surface area contributed by atoms with Crippen LogP contribution < -0.4 is 5.32 Å². The summed E-state index contributed by atoms with van der Waals surface area (Å²) in [6.45, 7) is 4.09. The SMILES string of the molecule is COCCN(CCOC)C(=O)c1c(NC(=O)c2ccccc2)sc2c1CCC(C)C2. The van der Waals surface area contributed by atoms with E-state index in [4.69, 9.17) is 9.47 Å². The molecule has 1 aliphatic rings. The number of amides is 2. The lowest BCUT2D eigenvalue weighted by atomic mass is 9.88. The van der Waals surface area contributed by atoms with E-state index in [0.717, 1.165) is 24.8 Å². The Bertz CT molecular complexity index is 858. The van der Waals surface area contributed by atoms with Crippen molar-refractivity contribution in [2.75, 3.05) is 45.8 Å². The minimum atomic E-state index is -0.198. The number of nitrogens with zero attached hydrogens (tertiary/aromatic N) is 1. The minimum absolute atomic E-state index is 0.0699. The van der Waals surface area contributed by atoms with Gasteiger partial charge >= 0.3 is 0 Å². The number of nitrogens with one attached hydrogen (secondary N) is 1. The van der Waals surface area contributed by atoms with Crippen LogP contribution in [0.5, 0.6) is 0 Å². The number of benzene rings is 1. The van der Waals surface area contributed by atoms with Crippen molar-refractivity contribution >= 4 is 28.2 Å². The number of anilines is 1. The van der Waals surface area contributed by atoms with Crippen LogP contribution in [0.1, 0.15) is 44.5 Å². The maximum atomic E-state index is 13.6. The molecule has 7 heteroatoms. The number of rotatable bonds is 9. The Morgan fingerprint density at radius 1 is 1.13 bits per heavy atom. The van der Waals surface area contributed by atoms with E-state index in [1.165, 1.54) is 4.88 Å². The molecule has 30 heavy (non-hydrogen) atoms. The van der Waals surface area contributed by atoms with Crippen LogP contribution in [0, 0.1) is 5.92 Å². The highest BCUT2D eigenvalue weighted by Crippen LogP contribution is 2.40. The first-order valence-corrected chi connectivity index (χ1v) is 11.1. The molecule has 6 nitrogen and oxygen atoms in total. The molecule has 0 spiro atoms. The van der Waals surface area contributed by atoms with Crippen LogP contribution in [0.2, 0.25) is 0 Å². The Morgan fingerprint density at radius 3 is 2.43 bits per heavy atom. The van der Waals surface area contributed by atoms with Crippen molar-refractivity contribution in [3.63, 3.8) is 0 Å². The van der Waals surface area contributed by atoms with Gasteiger partial charge in [-0.2, -0.15) is 0 Å². The van der Waals surface area contributed by atoms with Crippen molar-refractivity contribution in [3.8, 4) is 0 Å². The molecule has 1 heterocycles. The summed E-state index contributed by atoms with van der Waals surface area (Å²) >= 11 is 1.54. The quantitative estimate of drug-likeness (QED) is 0.656. The van der Waals surface area contributed by atoms with Crippen molar-refractivity contribution in [1.29, 1.82) is 0 Å². The molecule has 1 N–H and O–H groups in total. The summed E-state index contributed by atoms with van der Waals surface area (Å²) in [5.41, 5.74) is 2.30. The zero-order chi connectivity index (χ0) is 21.5. The maximum Gasteiger partial charge on any atom is 0.257 e. The molecule has 3 rings (SSSR count). The fraction of sp³-hybridized carbons (Fsp3) is 0.478. The van der Waals surface area contributed by atoms with Crippen LogP contribution in [0.15, 0.2) is 30.3 Å². The van der Waals surface area contributed by atoms with Gasteiger partial charge in [-0.1, -0.05) is 25.1 Å². The molecule has 1 atom stereocenters. The van der Waals surface area contributed by atoms with Crippen molar-refractivity contribution < 1.29 is 19.1 Å². The molecule has 0 saturated heterocycles. The molecule has 1 aromatic heterocycles. The van der Waals surface area contributed by atoms with Crippen molar-refractivity contribution in [2.24, 2.45) is 5.92 Å². The lowest BCUT2D eigenvalue weighted by Crippen LogP contribution is -2.37. The molecule has 2 amide bonds. The van der Waals surface area contributed by atoms with E-state index in [-0.39, 0.29) is 11.8 Å². The average Bonchev–Trinajstić information content (AvgIpc) is 3.10. The van der Waals surface area contributed by atoms with Crippen molar-refractivity contribution in [1.82, 2.24) is 4.90 Å². The van der Waals surface area contributed by atoms with E-state index in [1.54, 1.807) is 42.6 Å². The fourth-order valence-corrected chi connectivity index (χ4v) is 5.10. The Balaban J connectivity index is 1.94. The third-order valence-electron chi connectivity index (χ3n) is 5.41. The number of carbonyl (C=O) groups is 2. The summed E-state index contributed by atoms with van der Waals surface area (Å²) in [5.74, 6) is 0.311. The van der Waals surface area contributed by atoms with Gasteiger partial charge in [0.1, 0.15) is 5.00 Å². The van der Waals surface area contributed by atoms with E-state index < -0.39 is 0 Å². The van der Waals surface area contributed by atoms with Gasteiger partial charge in [0.2, 0.25) is 0 Å². The molecule has 0 radical (unpaired) electrons. The molecular formula is C23H30N2O4S. The van der Waals surface area contributed by atoms with E-state index in [2.05, 4.69) is 12.2 Å². The predicted octanol–water partition coefficient (Wildman–Crippen LogP) is 3.86. The Labute approximate surface area is 182 Å². The van der Waals surface area contributed by atoms with Crippen molar-refractivity contribution in [3.05, 3.63) is 51.9 Å². The molecule has 1 aliphatic carbocycles. The first kappa shape index (κ1) is 22.5. The van der Waals surface area contributed by atoms with E-state index in [1.807, 2.05) is 18.2 Å². The summed E-state index contributed by atoms with van der Waals surface area (Å²) in [6, 6.07) is 9.09. The summed E-state index contributed by atoms with van der Waals surface area (Å²) in [6.07, 6.45) is 2.85. The van der Waals surface area contributed by atoms with Crippen LogP contribution in [0.3, 0.4) is 0 Å². The molecule has 2 aromatic rings. The second-order valence-corrected chi connectivity index (χ2v) is 8.76. The number of hydrogen-bond acceptors (Lipinski definition) is 5. The van der Waals surface area contributed by atoms with E-state index >= 15 is 0 Å². The van der Waals surface area contributed by atoms with Crippen LogP contribution >= 0.6 is 11.3 Å².